The maximum absolute atomic E-state index is 13.3. The van der Waals surface area contributed by atoms with E-state index in [9.17, 15) is 9.59 Å². The number of nitrogens with zero attached hydrogens (tertiary/aromatic N) is 3. The van der Waals surface area contributed by atoms with Crippen LogP contribution in [0.2, 0.25) is 0 Å². The van der Waals surface area contributed by atoms with E-state index in [2.05, 4.69) is 5.32 Å². The van der Waals surface area contributed by atoms with Crippen LogP contribution in [-0.2, 0) is 4.79 Å². The van der Waals surface area contributed by atoms with Crippen molar-refractivity contribution in [3.05, 3.63) is 84.6 Å². The van der Waals surface area contributed by atoms with Gasteiger partial charge in [0.15, 0.2) is 11.5 Å². The number of methoxy groups -OCH3 is 3. The molecule has 0 aliphatic heterocycles. The average molecular weight is 527 g/mol. The smallest absolute Gasteiger partial charge is 0.254 e. The van der Waals surface area contributed by atoms with Crippen LogP contribution < -0.4 is 19.5 Å². The van der Waals surface area contributed by atoms with Gasteiger partial charge in [-0.2, -0.15) is 0 Å². The van der Waals surface area contributed by atoms with Crippen LogP contribution in [0.4, 0.5) is 5.95 Å². The van der Waals surface area contributed by atoms with E-state index in [4.69, 9.17) is 19.2 Å². The molecule has 3 aromatic carbocycles. The summed E-state index contributed by atoms with van der Waals surface area (Å²) < 4.78 is 17.9. The van der Waals surface area contributed by atoms with Gasteiger partial charge in [-0.25, -0.2) is 4.98 Å². The second kappa shape index (κ2) is 11.3. The van der Waals surface area contributed by atoms with Crippen LogP contribution >= 0.6 is 0 Å². The summed E-state index contributed by atoms with van der Waals surface area (Å²) in [6.45, 7) is -0.0970. The molecule has 1 fully saturated rings. The second-order valence-electron chi connectivity index (χ2n) is 9.17. The first-order chi connectivity index (χ1) is 19.0. The maximum atomic E-state index is 13.3. The Morgan fingerprint density at radius 2 is 1.69 bits per heavy atom. The number of hydrogen-bond acceptors (Lipinski definition) is 6. The molecule has 39 heavy (non-hydrogen) atoms. The van der Waals surface area contributed by atoms with Gasteiger partial charge in [-0.15, -0.1) is 0 Å². The van der Waals surface area contributed by atoms with Crippen LogP contribution in [0.15, 0.2) is 79.0 Å². The standard InChI is InChI=1S/C30H30N4O5/c1-37-24-11-7-10-21(16-24)29(36)33(22-12-13-22)19-28(35)32-30-31-25(20-8-5-4-6-9-20)18-34(30)23-14-15-26(38-2)27(17-23)39-3/h4-11,14-18,22H,12-13,19H2,1-3H3,(H,31,32,35). The first-order valence-electron chi connectivity index (χ1n) is 12.6. The predicted molar refractivity (Wildman–Crippen MR) is 148 cm³/mol. The Balaban J connectivity index is 1.43. The summed E-state index contributed by atoms with van der Waals surface area (Å²) in [6, 6.07) is 22.2. The lowest BCUT2D eigenvalue weighted by molar-refractivity contribution is -0.117. The molecule has 9 nitrogen and oxygen atoms in total. The van der Waals surface area contributed by atoms with Crippen molar-refractivity contribution < 1.29 is 23.8 Å². The van der Waals surface area contributed by atoms with E-state index < -0.39 is 0 Å². The van der Waals surface area contributed by atoms with Crippen molar-refractivity contribution in [2.24, 2.45) is 0 Å². The van der Waals surface area contributed by atoms with Gasteiger partial charge < -0.3 is 19.1 Å². The van der Waals surface area contributed by atoms with Crippen LogP contribution in [0.3, 0.4) is 0 Å². The van der Waals surface area contributed by atoms with E-state index in [-0.39, 0.29) is 24.4 Å². The monoisotopic (exact) mass is 526 g/mol. The number of amides is 2. The van der Waals surface area contributed by atoms with Gasteiger partial charge in [-0.1, -0.05) is 36.4 Å². The summed E-state index contributed by atoms with van der Waals surface area (Å²) in [6.07, 6.45) is 3.58. The third-order valence-electron chi connectivity index (χ3n) is 6.55. The number of carbonyl (C=O) groups excluding carboxylic acids is 2. The molecule has 0 radical (unpaired) electrons. The van der Waals surface area contributed by atoms with Crippen LogP contribution in [0.5, 0.6) is 17.2 Å². The van der Waals surface area contributed by atoms with Gasteiger partial charge in [0.1, 0.15) is 12.3 Å². The fraction of sp³-hybridized carbons (Fsp3) is 0.233. The van der Waals surface area contributed by atoms with E-state index in [1.807, 2.05) is 48.7 Å². The average Bonchev–Trinajstić information content (AvgIpc) is 3.75. The Labute approximate surface area is 226 Å². The Morgan fingerprint density at radius 1 is 0.923 bits per heavy atom. The fourth-order valence-corrected chi connectivity index (χ4v) is 4.38. The second-order valence-corrected chi connectivity index (χ2v) is 9.17. The zero-order valence-electron chi connectivity index (χ0n) is 22.1. The van der Waals surface area contributed by atoms with Crippen molar-refractivity contribution in [2.45, 2.75) is 18.9 Å². The van der Waals surface area contributed by atoms with Crippen molar-refractivity contribution in [2.75, 3.05) is 33.2 Å². The highest BCUT2D eigenvalue weighted by Crippen LogP contribution is 2.32. The molecule has 200 valence electrons. The first-order valence-corrected chi connectivity index (χ1v) is 12.6. The largest absolute Gasteiger partial charge is 0.497 e. The van der Waals surface area contributed by atoms with Gasteiger partial charge >= 0.3 is 0 Å². The molecule has 9 heteroatoms. The van der Waals surface area contributed by atoms with E-state index in [0.717, 1.165) is 24.1 Å². The molecule has 0 atom stereocenters. The van der Waals surface area contributed by atoms with Gasteiger partial charge in [0, 0.05) is 29.4 Å². The van der Waals surface area contributed by atoms with E-state index in [0.29, 0.717) is 34.5 Å². The van der Waals surface area contributed by atoms with Gasteiger partial charge in [-0.05, 0) is 43.2 Å². The van der Waals surface area contributed by atoms with E-state index in [1.54, 1.807) is 61.1 Å². The highest BCUT2D eigenvalue weighted by molar-refractivity contribution is 5.99. The van der Waals surface area contributed by atoms with Crippen molar-refractivity contribution in [1.82, 2.24) is 14.5 Å². The van der Waals surface area contributed by atoms with Crippen molar-refractivity contribution in [3.8, 4) is 34.2 Å². The maximum Gasteiger partial charge on any atom is 0.254 e. The number of anilines is 1. The number of ether oxygens (including phenoxy) is 3. The molecule has 0 spiro atoms. The van der Waals surface area contributed by atoms with Crippen LogP contribution in [0.1, 0.15) is 23.2 Å². The predicted octanol–water partition coefficient (Wildman–Crippen LogP) is 4.81. The topological polar surface area (TPSA) is 94.9 Å². The minimum absolute atomic E-state index is 0.0277. The summed E-state index contributed by atoms with van der Waals surface area (Å²) in [5, 5.41) is 2.93. The molecule has 1 aliphatic rings. The number of hydrogen-bond donors (Lipinski definition) is 1. The minimum atomic E-state index is -0.343. The highest BCUT2D eigenvalue weighted by atomic mass is 16.5. The summed E-state index contributed by atoms with van der Waals surface area (Å²) in [5.74, 6) is 1.50. The molecule has 1 aliphatic carbocycles. The van der Waals surface area contributed by atoms with E-state index >= 15 is 0 Å². The third-order valence-corrected chi connectivity index (χ3v) is 6.55. The lowest BCUT2D eigenvalue weighted by atomic mass is 10.2. The lowest BCUT2D eigenvalue weighted by Gasteiger charge is -2.22. The van der Waals surface area contributed by atoms with Gasteiger partial charge in [-0.3, -0.25) is 19.5 Å². The summed E-state index contributed by atoms with van der Waals surface area (Å²) >= 11 is 0. The third kappa shape index (κ3) is 5.72. The molecule has 1 heterocycles. The first kappa shape index (κ1) is 25.8. The number of carbonyl (C=O) groups is 2. The molecule has 1 aromatic heterocycles. The van der Waals surface area contributed by atoms with Crippen molar-refractivity contribution in [3.63, 3.8) is 0 Å². The molecule has 4 aromatic rings. The Morgan fingerprint density at radius 3 is 2.38 bits per heavy atom. The molecule has 5 rings (SSSR count). The zero-order chi connectivity index (χ0) is 27.4. The van der Waals surface area contributed by atoms with Gasteiger partial charge in [0.05, 0.1) is 32.7 Å². The molecular weight excluding hydrogens is 496 g/mol. The van der Waals surface area contributed by atoms with Crippen LogP contribution in [-0.4, -0.2) is 60.2 Å². The quantitative estimate of drug-likeness (QED) is 0.319. The van der Waals surface area contributed by atoms with Crippen molar-refractivity contribution in [1.29, 1.82) is 0 Å². The molecule has 0 bridgehead atoms. The molecule has 0 saturated heterocycles. The SMILES string of the molecule is COc1cccc(C(=O)N(CC(=O)Nc2nc(-c3ccccc3)cn2-c2ccc(OC)c(OC)c2)C2CC2)c1. The molecule has 0 unspecified atom stereocenters. The highest BCUT2D eigenvalue weighted by Gasteiger charge is 2.34. The fourth-order valence-electron chi connectivity index (χ4n) is 4.38. The number of imidazole rings is 1. The molecule has 1 N–H and O–H groups in total. The summed E-state index contributed by atoms with van der Waals surface area (Å²) in [7, 11) is 4.70. The zero-order valence-corrected chi connectivity index (χ0v) is 22.1. The van der Waals surface area contributed by atoms with Crippen molar-refractivity contribution >= 4 is 17.8 Å². The molecule has 2 amide bonds. The number of nitrogens with one attached hydrogen (secondary N) is 1. The van der Waals surface area contributed by atoms with Gasteiger partial charge in [0.2, 0.25) is 11.9 Å². The Bertz CT molecular complexity index is 1480. The minimum Gasteiger partial charge on any atom is -0.497 e. The Hall–Kier alpha value is -4.79. The van der Waals surface area contributed by atoms with Gasteiger partial charge in [0.25, 0.3) is 5.91 Å². The number of rotatable bonds is 10. The summed E-state index contributed by atoms with van der Waals surface area (Å²) in [5.41, 5.74) is 2.80. The van der Waals surface area contributed by atoms with Crippen LogP contribution in [0, 0.1) is 0 Å². The normalized spacial score (nSPS) is 12.5. The molecular formula is C30H30N4O5. The van der Waals surface area contributed by atoms with E-state index in [1.165, 1.54) is 0 Å². The number of benzene rings is 3. The van der Waals surface area contributed by atoms with Crippen LogP contribution in [0.25, 0.3) is 16.9 Å². The lowest BCUT2D eigenvalue weighted by Crippen LogP contribution is -2.39. The summed E-state index contributed by atoms with van der Waals surface area (Å²) in [4.78, 5) is 33.0. The number of aromatic nitrogens is 2. The molecule has 1 saturated carbocycles. The Kier molecular flexibility index (Phi) is 7.49.